The number of hydrogen-bond donors (Lipinski definition) is 2. The lowest BCUT2D eigenvalue weighted by Crippen LogP contribution is -2.46. The van der Waals surface area contributed by atoms with Crippen LogP contribution in [0.5, 0.6) is 0 Å². The molecule has 0 spiro atoms. The third kappa shape index (κ3) is 6.97. The van der Waals surface area contributed by atoms with E-state index in [-0.39, 0.29) is 5.60 Å². The van der Waals surface area contributed by atoms with Gasteiger partial charge in [-0.15, -0.1) is 0 Å². The van der Waals surface area contributed by atoms with E-state index < -0.39 is 0 Å². The minimum absolute atomic E-state index is 0.239. The minimum Gasteiger partial charge on any atom is -0.377 e. The number of hydrogen-bond acceptors (Lipinski definition) is 4. The van der Waals surface area contributed by atoms with Crippen LogP contribution < -0.4 is 15.5 Å². The van der Waals surface area contributed by atoms with Gasteiger partial charge in [-0.3, -0.25) is 9.89 Å². The summed E-state index contributed by atoms with van der Waals surface area (Å²) in [5.74, 6) is 0.788. The lowest BCUT2D eigenvalue weighted by Gasteiger charge is -2.36. The average Bonchev–Trinajstić information content (AvgIpc) is 2.81. The third-order valence-corrected chi connectivity index (χ3v) is 5.91. The Morgan fingerprint density at radius 2 is 1.58 bits per heavy atom. The lowest BCUT2D eigenvalue weighted by atomic mass is 10.1. The Kier molecular flexibility index (Phi) is 8.32. The molecule has 0 radical (unpaired) electrons. The van der Waals surface area contributed by atoms with E-state index >= 15 is 0 Å². The first-order valence-corrected chi connectivity index (χ1v) is 11.1. The van der Waals surface area contributed by atoms with E-state index in [2.05, 4.69) is 93.9 Å². The Morgan fingerprint density at radius 1 is 0.935 bits per heavy atom. The number of nitrogens with zero attached hydrogens (tertiary/aromatic N) is 3. The van der Waals surface area contributed by atoms with Gasteiger partial charge in [0.05, 0.1) is 5.60 Å². The zero-order chi connectivity index (χ0) is 22.1. The van der Waals surface area contributed by atoms with E-state index in [1.165, 1.54) is 16.8 Å². The van der Waals surface area contributed by atoms with Crippen molar-refractivity contribution in [3.05, 3.63) is 65.7 Å². The smallest absolute Gasteiger partial charge is 0.191 e. The maximum absolute atomic E-state index is 5.48. The number of ether oxygens (including phenoxy) is 1. The number of benzene rings is 2. The summed E-state index contributed by atoms with van der Waals surface area (Å²) >= 11 is 0. The fourth-order valence-corrected chi connectivity index (χ4v) is 3.70. The van der Waals surface area contributed by atoms with Gasteiger partial charge in [0.15, 0.2) is 5.96 Å². The van der Waals surface area contributed by atoms with Crippen LogP contribution in [0.25, 0.3) is 0 Å². The van der Waals surface area contributed by atoms with Gasteiger partial charge in [0.25, 0.3) is 0 Å². The van der Waals surface area contributed by atoms with Gasteiger partial charge in [0.2, 0.25) is 0 Å². The Labute approximate surface area is 187 Å². The molecular formula is C25H37N5O. The quantitative estimate of drug-likeness (QED) is 0.505. The van der Waals surface area contributed by atoms with Crippen LogP contribution in [0.4, 0.5) is 5.69 Å². The second-order valence-corrected chi connectivity index (χ2v) is 8.61. The van der Waals surface area contributed by atoms with Crippen LogP contribution in [0, 0.1) is 0 Å². The molecule has 0 bridgehead atoms. The molecule has 1 aliphatic rings. The molecule has 0 aliphatic carbocycles. The summed E-state index contributed by atoms with van der Waals surface area (Å²) in [6.07, 6.45) is 0. The summed E-state index contributed by atoms with van der Waals surface area (Å²) in [5.41, 5.74) is 3.76. The van der Waals surface area contributed by atoms with E-state index in [0.717, 1.165) is 45.2 Å². The molecule has 1 fully saturated rings. The van der Waals surface area contributed by atoms with Crippen molar-refractivity contribution in [2.45, 2.75) is 32.5 Å². The Hall–Kier alpha value is -2.57. The van der Waals surface area contributed by atoms with Gasteiger partial charge in [0.1, 0.15) is 0 Å². The number of methoxy groups -OCH3 is 1. The molecule has 0 unspecified atom stereocenters. The number of rotatable bonds is 8. The molecular weight excluding hydrogens is 386 g/mol. The predicted octanol–water partition coefficient (Wildman–Crippen LogP) is 3.10. The van der Waals surface area contributed by atoms with Crippen LogP contribution >= 0.6 is 0 Å². The van der Waals surface area contributed by atoms with Crippen molar-refractivity contribution in [2.24, 2.45) is 4.99 Å². The summed E-state index contributed by atoms with van der Waals surface area (Å²) in [7, 11) is 3.53. The van der Waals surface area contributed by atoms with Gasteiger partial charge in [-0.25, -0.2) is 0 Å². The van der Waals surface area contributed by atoms with E-state index in [4.69, 9.17) is 4.74 Å². The predicted molar refractivity (Wildman–Crippen MR) is 130 cm³/mol. The molecule has 0 amide bonds. The first-order valence-electron chi connectivity index (χ1n) is 11.1. The number of aliphatic imine (C=N–C) groups is 1. The minimum atomic E-state index is -0.239. The fraction of sp³-hybridized carbons (Fsp3) is 0.480. The van der Waals surface area contributed by atoms with Crippen LogP contribution in [0.1, 0.15) is 25.0 Å². The summed E-state index contributed by atoms with van der Waals surface area (Å²) in [6.45, 7) is 10.8. The second-order valence-electron chi connectivity index (χ2n) is 8.61. The molecule has 2 N–H and O–H groups in total. The number of para-hydroxylation sites is 1. The zero-order valence-electron chi connectivity index (χ0n) is 19.4. The first kappa shape index (κ1) is 23.1. The van der Waals surface area contributed by atoms with Crippen molar-refractivity contribution in [2.75, 3.05) is 51.8 Å². The van der Waals surface area contributed by atoms with Crippen LogP contribution in [-0.2, 0) is 17.8 Å². The SMILES string of the molecule is CN=C(NCc1ccccc1CN1CCN(c2ccccc2)CC1)NCC(C)(C)OC. The fourth-order valence-electron chi connectivity index (χ4n) is 3.70. The van der Waals surface area contributed by atoms with Crippen LogP contribution in [0.3, 0.4) is 0 Å². The highest BCUT2D eigenvalue weighted by Crippen LogP contribution is 2.18. The number of anilines is 1. The first-order chi connectivity index (χ1) is 15.0. The summed E-state index contributed by atoms with van der Waals surface area (Å²) in [6, 6.07) is 19.4. The number of guanidine groups is 1. The molecule has 1 heterocycles. The normalized spacial score (nSPS) is 15.7. The van der Waals surface area contributed by atoms with Crippen molar-refractivity contribution in [1.82, 2.24) is 15.5 Å². The molecule has 168 valence electrons. The Bertz CT molecular complexity index is 829. The molecule has 1 saturated heterocycles. The highest BCUT2D eigenvalue weighted by Gasteiger charge is 2.19. The van der Waals surface area contributed by atoms with Crippen molar-refractivity contribution in [3.63, 3.8) is 0 Å². The second kappa shape index (κ2) is 11.2. The summed E-state index contributed by atoms with van der Waals surface area (Å²) in [5, 5.41) is 6.80. The van der Waals surface area contributed by atoms with Crippen molar-refractivity contribution in [1.29, 1.82) is 0 Å². The van der Waals surface area contributed by atoms with Crippen molar-refractivity contribution >= 4 is 11.6 Å². The summed E-state index contributed by atoms with van der Waals surface area (Å²) < 4.78 is 5.48. The molecule has 0 aromatic heterocycles. The molecule has 6 heteroatoms. The molecule has 0 atom stereocenters. The highest BCUT2D eigenvalue weighted by molar-refractivity contribution is 5.79. The third-order valence-electron chi connectivity index (χ3n) is 5.91. The van der Waals surface area contributed by atoms with E-state index in [9.17, 15) is 0 Å². The number of piperazine rings is 1. The molecule has 6 nitrogen and oxygen atoms in total. The van der Waals surface area contributed by atoms with E-state index in [0.29, 0.717) is 6.54 Å². The van der Waals surface area contributed by atoms with Crippen molar-refractivity contribution in [3.8, 4) is 0 Å². The van der Waals surface area contributed by atoms with Crippen molar-refractivity contribution < 1.29 is 4.74 Å². The highest BCUT2D eigenvalue weighted by atomic mass is 16.5. The average molecular weight is 424 g/mol. The molecule has 2 aromatic carbocycles. The van der Waals surface area contributed by atoms with Crippen LogP contribution in [0.2, 0.25) is 0 Å². The molecule has 1 aliphatic heterocycles. The maximum atomic E-state index is 5.48. The van der Waals surface area contributed by atoms with Gasteiger partial charge in [-0.1, -0.05) is 42.5 Å². The maximum Gasteiger partial charge on any atom is 0.191 e. The lowest BCUT2D eigenvalue weighted by molar-refractivity contribution is 0.0268. The molecule has 3 rings (SSSR count). The Morgan fingerprint density at radius 3 is 2.23 bits per heavy atom. The number of nitrogens with one attached hydrogen (secondary N) is 2. The van der Waals surface area contributed by atoms with Gasteiger partial charge < -0.3 is 20.3 Å². The molecule has 0 saturated carbocycles. The van der Waals surface area contributed by atoms with Gasteiger partial charge in [0, 0.05) is 65.7 Å². The zero-order valence-corrected chi connectivity index (χ0v) is 19.4. The molecule has 2 aromatic rings. The Balaban J connectivity index is 1.52. The van der Waals surface area contributed by atoms with Crippen LogP contribution in [-0.4, -0.2) is 63.3 Å². The standard InChI is InChI=1S/C25H37N5O/c1-25(2,31-4)20-28-24(26-3)27-18-21-10-8-9-11-22(21)19-29-14-16-30(17-15-29)23-12-6-5-7-13-23/h5-13H,14-20H2,1-4H3,(H2,26,27,28). The summed E-state index contributed by atoms with van der Waals surface area (Å²) in [4.78, 5) is 9.37. The van der Waals surface area contributed by atoms with Gasteiger partial charge in [-0.05, 0) is 37.1 Å². The van der Waals surface area contributed by atoms with E-state index in [1.54, 1.807) is 14.2 Å². The largest absolute Gasteiger partial charge is 0.377 e. The molecule has 31 heavy (non-hydrogen) atoms. The van der Waals surface area contributed by atoms with Crippen LogP contribution in [0.15, 0.2) is 59.6 Å². The van der Waals surface area contributed by atoms with E-state index in [1.807, 2.05) is 0 Å². The van der Waals surface area contributed by atoms with Gasteiger partial charge >= 0.3 is 0 Å². The monoisotopic (exact) mass is 423 g/mol. The topological polar surface area (TPSA) is 52.1 Å². The van der Waals surface area contributed by atoms with Gasteiger partial charge in [-0.2, -0.15) is 0 Å².